The van der Waals surface area contributed by atoms with Crippen LogP contribution in [0.2, 0.25) is 0 Å². The zero-order valence-corrected chi connectivity index (χ0v) is 12.2. The van der Waals surface area contributed by atoms with Crippen LogP contribution >= 0.6 is 11.5 Å². The lowest BCUT2D eigenvalue weighted by molar-refractivity contribution is 0.108. The number of nitrogens with one attached hydrogen (secondary N) is 1. The maximum atomic E-state index is 6.02. The number of hydrogen-bond donors (Lipinski definition) is 2. The molecule has 20 heavy (non-hydrogen) atoms. The van der Waals surface area contributed by atoms with Crippen molar-refractivity contribution in [1.29, 1.82) is 0 Å². The van der Waals surface area contributed by atoms with Gasteiger partial charge in [-0.3, -0.25) is 4.98 Å². The molecule has 0 radical (unpaired) electrons. The van der Waals surface area contributed by atoms with Gasteiger partial charge in [-0.25, -0.2) is 0 Å². The van der Waals surface area contributed by atoms with Crippen molar-refractivity contribution in [2.24, 2.45) is 0 Å². The molecule has 0 aromatic carbocycles. The Morgan fingerprint density at radius 3 is 2.85 bits per heavy atom. The summed E-state index contributed by atoms with van der Waals surface area (Å²) in [6, 6.07) is 4.34. The summed E-state index contributed by atoms with van der Waals surface area (Å²) in [6.45, 7) is 0. The molecule has 1 saturated carbocycles. The zero-order chi connectivity index (χ0) is 13.9. The van der Waals surface area contributed by atoms with Crippen LogP contribution in [-0.2, 0) is 4.74 Å². The molecule has 2 heterocycles. The topological polar surface area (TPSA) is 73.1 Å². The van der Waals surface area contributed by atoms with Crippen LogP contribution in [0.1, 0.15) is 19.3 Å². The molecule has 2 aromatic heterocycles. The highest BCUT2D eigenvalue weighted by atomic mass is 32.1. The number of anilines is 2. The molecule has 2 atom stereocenters. The average molecular weight is 290 g/mol. The highest BCUT2D eigenvalue weighted by Crippen LogP contribution is 2.38. The highest BCUT2D eigenvalue weighted by Gasteiger charge is 2.26. The number of nitrogen functional groups attached to an aromatic ring is 1. The van der Waals surface area contributed by atoms with E-state index in [1.54, 1.807) is 19.5 Å². The molecule has 1 aliphatic carbocycles. The summed E-state index contributed by atoms with van der Waals surface area (Å²) in [5.41, 5.74) is 8.05. The third-order valence-electron chi connectivity index (χ3n) is 3.74. The molecule has 1 fully saturated rings. The lowest BCUT2D eigenvalue weighted by Gasteiger charge is -2.14. The summed E-state index contributed by atoms with van der Waals surface area (Å²) in [7, 11) is 1.78. The van der Waals surface area contributed by atoms with Crippen molar-refractivity contribution in [3.8, 4) is 11.1 Å². The molecular formula is C14H18N4OS. The molecule has 3 rings (SSSR count). The number of hydrogen-bond acceptors (Lipinski definition) is 6. The monoisotopic (exact) mass is 290 g/mol. The molecule has 5 nitrogen and oxygen atoms in total. The second kappa shape index (κ2) is 5.76. The van der Waals surface area contributed by atoms with Gasteiger partial charge in [-0.1, -0.05) is 0 Å². The Hall–Kier alpha value is -1.66. The van der Waals surface area contributed by atoms with Gasteiger partial charge in [-0.15, -0.1) is 0 Å². The van der Waals surface area contributed by atoms with E-state index >= 15 is 0 Å². The number of pyridine rings is 1. The molecule has 1 aliphatic rings. The highest BCUT2D eigenvalue weighted by molar-refractivity contribution is 7.11. The van der Waals surface area contributed by atoms with Crippen LogP contribution in [0, 0.1) is 0 Å². The fraction of sp³-hybridized carbons (Fsp3) is 0.429. The smallest absolute Gasteiger partial charge is 0.147 e. The van der Waals surface area contributed by atoms with Crippen molar-refractivity contribution >= 4 is 22.4 Å². The van der Waals surface area contributed by atoms with Crippen LogP contribution in [0.15, 0.2) is 24.5 Å². The van der Waals surface area contributed by atoms with Gasteiger partial charge < -0.3 is 15.8 Å². The lowest BCUT2D eigenvalue weighted by atomic mass is 10.1. The molecule has 0 amide bonds. The fourth-order valence-corrected chi connectivity index (χ4v) is 3.48. The van der Waals surface area contributed by atoms with Crippen LogP contribution in [0.4, 0.5) is 10.8 Å². The van der Waals surface area contributed by atoms with Gasteiger partial charge in [0.25, 0.3) is 0 Å². The van der Waals surface area contributed by atoms with Crippen LogP contribution < -0.4 is 11.1 Å². The maximum absolute atomic E-state index is 6.02. The van der Waals surface area contributed by atoms with E-state index in [2.05, 4.69) is 14.7 Å². The molecule has 3 N–H and O–H groups in total. The minimum Gasteiger partial charge on any atom is -0.382 e. The number of nitrogens with two attached hydrogens (primary N) is 1. The lowest BCUT2D eigenvalue weighted by Crippen LogP contribution is -2.17. The Kier molecular flexibility index (Phi) is 3.84. The fourth-order valence-electron chi connectivity index (χ4n) is 2.67. The van der Waals surface area contributed by atoms with E-state index < -0.39 is 0 Å². The molecule has 0 aliphatic heterocycles. The van der Waals surface area contributed by atoms with E-state index in [9.17, 15) is 0 Å². The van der Waals surface area contributed by atoms with E-state index in [0.717, 1.165) is 35.4 Å². The van der Waals surface area contributed by atoms with Crippen molar-refractivity contribution in [3.63, 3.8) is 0 Å². The van der Waals surface area contributed by atoms with E-state index in [1.165, 1.54) is 11.5 Å². The minimum absolute atomic E-state index is 0.363. The third kappa shape index (κ3) is 2.62. The number of methoxy groups -OCH3 is 1. The van der Waals surface area contributed by atoms with Crippen molar-refractivity contribution in [2.75, 3.05) is 18.2 Å². The Balaban J connectivity index is 1.81. The first kappa shape index (κ1) is 13.3. The SMILES string of the molecule is COC1CCC(Nc2snc(N)c2-c2ccncc2)C1. The largest absolute Gasteiger partial charge is 0.382 e. The van der Waals surface area contributed by atoms with Gasteiger partial charge in [0.1, 0.15) is 10.8 Å². The zero-order valence-electron chi connectivity index (χ0n) is 11.4. The van der Waals surface area contributed by atoms with Gasteiger partial charge in [-0.2, -0.15) is 4.37 Å². The first-order chi connectivity index (χ1) is 9.78. The first-order valence-electron chi connectivity index (χ1n) is 6.73. The summed E-state index contributed by atoms with van der Waals surface area (Å²) >= 11 is 1.42. The normalized spacial score (nSPS) is 22.1. The van der Waals surface area contributed by atoms with Gasteiger partial charge >= 0.3 is 0 Å². The van der Waals surface area contributed by atoms with Crippen molar-refractivity contribution in [1.82, 2.24) is 9.36 Å². The molecule has 6 heteroatoms. The van der Waals surface area contributed by atoms with Crippen molar-refractivity contribution in [3.05, 3.63) is 24.5 Å². The number of rotatable bonds is 4. The van der Waals surface area contributed by atoms with Crippen molar-refractivity contribution in [2.45, 2.75) is 31.4 Å². The van der Waals surface area contributed by atoms with Crippen LogP contribution in [-0.4, -0.2) is 28.6 Å². The summed E-state index contributed by atoms with van der Waals surface area (Å²) in [4.78, 5) is 4.04. The molecule has 106 valence electrons. The average Bonchev–Trinajstić information content (AvgIpc) is 3.07. The number of nitrogens with zero attached hydrogens (tertiary/aromatic N) is 2. The molecular weight excluding hydrogens is 272 g/mol. The predicted molar refractivity (Wildman–Crippen MR) is 81.8 cm³/mol. The molecule has 2 aromatic rings. The number of aromatic nitrogens is 2. The number of ether oxygens (including phenoxy) is 1. The summed E-state index contributed by atoms with van der Waals surface area (Å²) in [5, 5.41) is 4.61. The van der Waals surface area contributed by atoms with Gasteiger partial charge in [0.05, 0.1) is 11.7 Å². The molecule has 2 unspecified atom stereocenters. The predicted octanol–water partition coefficient (Wildman–Crippen LogP) is 2.77. The van der Waals surface area contributed by atoms with Gasteiger partial charge in [0, 0.05) is 25.5 Å². The van der Waals surface area contributed by atoms with Gasteiger partial charge in [0.2, 0.25) is 0 Å². The van der Waals surface area contributed by atoms with E-state index in [4.69, 9.17) is 10.5 Å². The Morgan fingerprint density at radius 2 is 2.15 bits per heavy atom. The van der Waals surface area contributed by atoms with E-state index in [-0.39, 0.29) is 0 Å². The summed E-state index contributed by atoms with van der Waals surface area (Å²) in [6.07, 6.45) is 7.16. The van der Waals surface area contributed by atoms with Gasteiger partial charge in [-0.05, 0) is 48.5 Å². The second-order valence-corrected chi connectivity index (χ2v) is 5.79. The van der Waals surface area contributed by atoms with E-state index in [0.29, 0.717) is 18.0 Å². The van der Waals surface area contributed by atoms with Crippen LogP contribution in [0.25, 0.3) is 11.1 Å². The maximum Gasteiger partial charge on any atom is 0.147 e. The van der Waals surface area contributed by atoms with E-state index in [1.807, 2.05) is 12.1 Å². The quantitative estimate of drug-likeness (QED) is 0.905. The standard InChI is InChI=1S/C14H18N4OS/c1-19-11-3-2-10(8-11)17-14-12(13(15)18-20-14)9-4-6-16-7-5-9/h4-7,10-11,17H,2-3,8H2,1H3,(H2,15,18). The molecule has 0 bridgehead atoms. The second-order valence-electron chi connectivity index (χ2n) is 5.02. The Bertz CT molecular complexity index is 572. The first-order valence-corrected chi connectivity index (χ1v) is 7.50. The minimum atomic E-state index is 0.363. The van der Waals surface area contributed by atoms with Crippen LogP contribution in [0.3, 0.4) is 0 Å². The summed E-state index contributed by atoms with van der Waals surface area (Å²) in [5.74, 6) is 0.574. The molecule has 0 saturated heterocycles. The van der Waals surface area contributed by atoms with Crippen molar-refractivity contribution < 1.29 is 4.74 Å². The Morgan fingerprint density at radius 1 is 1.35 bits per heavy atom. The summed E-state index contributed by atoms with van der Waals surface area (Å²) < 4.78 is 9.69. The van der Waals surface area contributed by atoms with Crippen LogP contribution in [0.5, 0.6) is 0 Å². The Labute approximate surface area is 122 Å². The third-order valence-corrected chi connectivity index (χ3v) is 4.53. The molecule has 0 spiro atoms. The van der Waals surface area contributed by atoms with Gasteiger partial charge in [0.15, 0.2) is 0 Å².